The van der Waals surface area contributed by atoms with E-state index in [0.29, 0.717) is 12.2 Å². The molecule has 2 aromatic carbocycles. The van der Waals surface area contributed by atoms with E-state index in [1.54, 1.807) is 6.07 Å². The number of ether oxygens (including phenoxy) is 2. The van der Waals surface area contributed by atoms with Gasteiger partial charge in [-0.1, -0.05) is 0 Å². The quantitative estimate of drug-likeness (QED) is 0.860. The lowest BCUT2D eigenvalue weighted by atomic mass is 9.91. The summed E-state index contributed by atoms with van der Waals surface area (Å²) >= 11 is 0. The summed E-state index contributed by atoms with van der Waals surface area (Å²) in [4.78, 5) is 3.65. The number of hydrogen-bond donors (Lipinski definition) is 1. The molecule has 4 rings (SSSR count). The molecule has 2 aliphatic rings. The first-order chi connectivity index (χ1) is 12.0. The monoisotopic (exact) mass is 342 g/mol. The van der Waals surface area contributed by atoms with Crippen molar-refractivity contribution < 1.29 is 24.0 Å². The van der Waals surface area contributed by atoms with Crippen LogP contribution in [0.3, 0.4) is 0 Å². The Balaban J connectivity index is 1.72. The molecule has 0 spiro atoms. The minimum Gasteiger partial charge on any atom is -0.507 e. The number of rotatable bonds is 2. The molecule has 0 aliphatic carbocycles. The molecular weight excluding hydrogens is 323 g/mol. The molecule has 0 bridgehead atoms. The first kappa shape index (κ1) is 15.8. The maximum atomic E-state index is 12.2. The molecule has 0 fully saturated rings. The third-order valence-electron chi connectivity index (χ3n) is 4.72. The molecule has 0 radical (unpaired) electrons. The van der Waals surface area contributed by atoms with E-state index < -0.39 is 0 Å². The van der Waals surface area contributed by atoms with Crippen LogP contribution in [0, 0.1) is 0 Å². The summed E-state index contributed by atoms with van der Waals surface area (Å²) in [6.45, 7) is 4.50. The van der Waals surface area contributed by atoms with Crippen LogP contribution in [0.1, 0.15) is 37.0 Å². The number of benzene rings is 2. The molecule has 0 saturated carbocycles. The summed E-state index contributed by atoms with van der Waals surface area (Å²) in [5, 5.41) is 10.1. The van der Waals surface area contributed by atoms with Crippen molar-refractivity contribution in [1.82, 2.24) is 0 Å². The van der Waals surface area contributed by atoms with E-state index in [0.717, 1.165) is 41.0 Å². The van der Waals surface area contributed by atoms with E-state index in [2.05, 4.69) is 18.8 Å². The van der Waals surface area contributed by atoms with E-state index in [1.165, 1.54) is 12.1 Å². The van der Waals surface area contributed by atoms with Gasteiger partial charge in [0, 0.05) is 32.9 Å². The largest absolute Gasteiger partial charge is 0.507 e. The van der Waals surface area contributed by atoms with Crippen LogP contribution < -0.4 is 14.4 Å². The molecule has 2 aromatic rings. The van der Waals surface area contributed by atoms with Crippen molar-refractivity contribution in [2.75, 3.05) is 6.61 Å². The summed E-state index contributed by atoms with van der Waals surface area (Å²) in [7, 11) is 0. The minimum atomic E-state index is -0.164. The Bertz CT molecular complexity index is 870. The third-order valence-corrected chi connectivity index (χ3v) is 4.72. The van der Waals surface area contributed by atoms with Crippen LogP contribution in [-0.4, -0.2) is 17.3 Å². The maximum Gasteiger partial charge on any atom is 0.175 e. The van der Waals surface area contributed by atoms with Crippen molar-refractivity contribution >= 4 is 11.6 Å². The van der Waals surface area contributed by atoms with Gasteiger partial charge in [-0.2, -0.15) is 0 Å². The summed E-state index contributed by atoms with van der Waals surface area (Å²) in [6, 6.07) is 8.26. The molecule has 25 heavy (non-hydrogen) atoms. The second-order valence-corrected chi connectivity index (χ2v) is 7.04. The van der Waals surface area contributed by atoms with Crippen molar-refractivity contribution in [2.24, 2.45) is 0 Å². The average molecular weight is 342 g/mol. The minimum absolute atomic E-state index is 0.0344. The van der Waals surface area contributed by atoms with Crippen LogP contribution in [-0.2, 0) is 6.42 Å². The predicted molar refractivity (Wildman–Crippen MR) is 92.7 cm³/mol. The molecule has 2 aliphatic heterocycles. The fourth-order valence-corrected chi connectivity index (χ4v) is 3.38. The Labute approximate surface area is 145 Å². The average Bonchev–Trinajstić information content (AvgIpc) is 2.60. The Morgan fingerprint density at radius 2 is 2.04 bits per heavy atom. The molecule has 4 nitrogen and oxygen atoms in total. The zero-order valence-corrected chi connectivity index (χ0v) is 14.1. The van der Waals surface area contributed by atoms with E-state index in [-0.39, 0.29) is 17.1 Å². The summed E-state index contributed by atoms with van der Waals surface area (Å²) in [5.74, 6) is 1.64. The predicted octanol–water partition coefficient (Wildman–Crippen LogP) is 4.69. The number of fused-ring (bicyclic) bond motifs is 3. The number of phenolic OH excluding ortho intramolecular Hbond substituents is 1. The van der Waals surface area contributed by atoms with Gasteiger partial charge in [-0.15, -0.1) is 0 Å². The van der Waals surface area contributed by atoms with Crippen LogP contribution in [0.4, 0.5) is 4.53 Å². The number of hydrogen-bond acceptors (Lipinski definition) is 4. The summed E-state index contributed by atoms with van der Waals surface area (Å²) < 4.78 is 24.3. The molecular formula is C20H19FO4. The van der Waals surface area contributed by atoms with Crippen LogP contribution in [0.15, 0.2) is 30.3 Å². The SMILES string of the molecule is CC1(C)CCc2c(ccc3c2OCC(c2ccc(OF)cc2O)=C3)O1. The van der Waals surface area contributed by atoms with Gasteiger partial charge in [0.05, 0.1) is 0 Å². The number of phenols is 1. The molecule has 130 valence electrons. The van der Waals surface area contributed by atoms with Gasteiger partial charge in [-0.05, 0) is 57.0 Å². The van der Waals surface area contributed by atoms with Gasteiger partial charge in [-0.25, -0.2) is 0 Å². The second kappa shape index (κ2) is 5.69. The van der Waals surface area contributed by atoms with Gasteiger partial charge in [0.15, 0.2) is 5.75 Å². The first-order valence-electron chi connectivity index (χ1n) is 8.27. The number of halogens is 1. The van der Waals surface area contributed by atoms with E-state index in [1.807, 2.05) is 18.2 Å². The van der Waals surface area contributed by atoms with E-state index in [4.69, 9.17) is 9.47 Å². The van der Waals surface area contributed by atoms with E-state index >= 15 is 0 Å². The van der Waals surface area contributed by atoms with Gasteiger partial charge in [0.1, 0.15) is 29.5 Å². The van der Waals surface area contributed by atoms with Crippen LogP contribution in [0.5, 0.6) is 23.0 Å². The number of aromatic hydroxyl groups is 1. The van der Waals surface area contributed by atoms with Crippen molar-refractivity contribution in [3.8, 4) is 23.0 Å². The zero-order valence-electron chi connectivity index (χ0n) is 14.1. The van der Waals surface area contributed by atoms with Crippen molar-refractivity contribution in [1.29, 1.82) is 0 Å². The molecule has 1 N–H and O–H groups in total. The van der Waals surface area contributed by atoms with Crippen LogP contribution in [0.25, 0.3) is 11.6 Å². The Morgan fingerprint density at radius 3 is 2.80 bits per heavy atom. The zero-order chi connectivity index (χ0) is 17.6. The van der Waals surface area contributed by atoms with E-state index in [9.17, 15) is 9.63 Å². The molecule has 2 heterocycles. The van der Waals surface area contributed by atoms with Gasteiger partial charge >= 0.3 is 0 Å². The molecule has 0 atom stereocenters. The Morgan fingerprint density at radius 1 is 1.20 bits per heavy atom. The van der Waals surface area contributed by atoms with Crippen LogP contribution >= 0.6 is 0 Å². The molecule has 0 unspecified atom stereocenters. The highest BCUT2D eigenvalue weighted by molar-refractivity contribution is 5.88. The Hall–Kier alpha value is -2.69. The maximum absolute atomic E-state index is 12.2. The van der Waals surface area contributed by atoms with Gasteiger partial charge in [-0.3, -0.25) is 4.94 Å². The van der Waals surface area contributed by atoms with Crippen molar-refractivity contribution in [3.05, 3.63) is 47.0 Å². The lowest BCUT2D eigenvalue weighted by Gasteiger charge is -2.34. The summed E-state index contributed by atoms with van der Waals surface area (Å²) in [5.41, 5.74) is 3.31. The standard InChI is InChI=1S/C20H19FO4/c1-20(2)8-7-16-18(24-20)6-3-12-9-13(11-23-19(12)16)15-5-4-14(25-21)10-17(15)22/h3-6,9-10,22H,7-8,11H2,1-2H3. The van der Waals surface area contributed by atoms with Crippen molar-refractivity contribution in [2.45, 2.75) is 32.3 Å². The lowest BCUT2D eigenvalue weighted by Crippen LogP contribution is -2.33. The molecule has 0 amide bonds. The molecule has 0 saturated heterocycles. The van der Waals surface area contributed by atoms with Crippen LogP contribution in [0.2, 0.25) is 0 Å². The van der Waals surface area contributed by atoms with Crippen molar-refractivity contribution in [3.63, 3.8) is 0 Å². The topological polar surface area (TPSA) is 47.9 Å². The molecule has 0 aromatic heterocycles. The highest BCUT2D eigenvalue weighted by atomic mass is 19.3. The fourth-order valence-electron chi connectivity index (χ4n) is 3.38. The highest BCUT2D eigenvalue weighted by Gasteiger charge is 2.30. The van der Waals surface area contributed by atoms with Gasteiger partial charge < -0.3 is 14.6 Å². The lowest BCUT2D eigenvalue weighted by molar-refractivity contribution is -0.00642. The highest BCUT2D eigenvalue weighted by Crippen LogP contribution is 2.44. The molecule has 5 heteroatoms. The third kappa shape index (κ3) is 2.80. The van der Waals surface area contributed by atoms with Gasteiger partial charge in [0.25, 0.3) is 0 Å². The normalized spacial score (nSPS) is 17.5. The second-order valence-electron chi connectivity index (χ2n) is 7.04. The Kier molecular flexibility index (Phi) is 3.60. The van der Waals surface area contributed by atoms with Gasteiger partial charge in [0.2, 0.25) is 0 Å². The fraction of sp³-hybridized carbons (Fsp3) is 0.300. The first-order valence-corrected chi connectivity index (χ1v) is 8.27. The summed E-state index contributed by atoms with van der Waals surface area (Å²) in [6.07, 6.45) is 3.83. The smallest absolute Gasteiger partial charge is 0.175 e.